The molecule has 0 saturated carbocycles. The summed E-state index contributed by atoms with van der Waals surface area (Å²) in [5.74, 6) is 0.417. The normalized spacial score (nSPS) is 16.5. The van der Waals surface area contributed by atoms with Crippen molar-refractivity contribution in [1.29, 1.82) is 0 Å². The second kappa shape index (κ2) is 9.69. The molecule has 214 valence electrons. The van der Waals surface area contributed by atoms with Gasteiger partial charge in [0.2, 0.25) is 0 Å². The highest BCUT2D eigenvalue weighted by Crippen LogP contribution is 2.50. The molecule has 0 aliphatic carbocycles. The summed E-state index contributed by atoms with van der Waals surface area (Å²) in [6, 6.07) is 9.17. The van der Waals surface area contributed by atoms with Crippen molar-refractivity contribution in [3.8, 4) is 33.6 Å². The van der Waals surface area contributed by atoms with Gasteiger partial charge in [-0.1, -0.05) is 139 Å². The second-order valence-electron chi connectivity index (χ2n) is 10.9. The van der Waals surface area contributed by atoms with Crippen molar-refractivity contribution in [2.24, 2.45) is 0 Å². The van der Waals surface area contributed by atoms with Gasteiger partial charge in [0.1, 0.15) is 22.5 Å². The lowest BCUT2D eigenvalue weighted by molar-refractivity contribution is 0.631. The number of para-hydroxylation sites is 1. The topological polar surface area (TPSA) is 26.3 Å². The van der Waals surface area contributed by atoms with Crippen LogP contribution in [0.3, 0.4) is 0 Å². The van der Waals surface area contributed by atoms with Gasteiger partial charge in [-0.15, -0.1) is 0 Å². The third-order valence-corrected chi connectivity index (χ3v) is 8.41. The minimum atomic E-state index is -0.778. The van der Waals surface area contributed by atoms with E-state index in [1.807, 2.05) is 42.5 Å². The van der Waals surface area contributed by atoms with Crippen molar-refractivity contribution in [2.75, 3.05) is 0 Å². The van der Waals surface area contributed by atoms with Crippen molar-refractivity contribution in [1.82, 2.24) is 0 Å². The first-order chi connectivity index (χ1) is 29.1. The Bertz CT molecular complexity index is 3560. The van der Waals surface area contributed by atoms with Gasteiger partial charge in [0.25, 0.3) is 0 Å². The van der Waals surface area contributed by atoms with Crippen molar-refractivity contribution in [3.63, 3.8) is 0 Å². The molecule has 0 fully saturated rings. The molecule has 8 aromatic carbocycles. The molecular weight excluding hydrogens is 560 g/mol. The Morgan fingerprint density at radius 2 is 1.04 bits per heavy atom. The first kappa shape index (κ1) is 14.8. The van der Waals surface area contributed by atoms with Crippen LogP contribution in [0.4, 0.5) is 0 Å². The maximum atomic E-state index is 9.59. The van der Waals surface area contributed by atoms with E-state index in [0.717, 1.165) is 0 Å². The highest BCUT2D eigenvalue weighted by Gasteiger charge is 2.25. The molecule has 0 N–H and O–H groups in total. The molecule has 2 heteroatoms. The fourth-order valence-electron chi connectivity index (χ4n) is 6.47. The lowest BCUT2D eigenvalue weighted by Crippen LogP contribution is -1.92. The molecule has 0 unspecified atom stereocenters. The van der Waals surface area contributed by atoms with Gasteiger partial charge < -0.3 is 8.83 Å². The van der Waals surface area contributed by atoms with Crippen LogP contribution >= 0.6 is 0 Å². The van der Waals surface area contributed by atoms with Crippen LogP contribution in [0.2, 0.25) is 0 Å². The van der Waals surface area contributed by atoms with Crippen LogP contribution in [-0.2, 0) is 0 Å². The number of hydrogen-bond acceptors (Lipinski definition) is 2. The highest BCUT2D eigenvalue weighted by atomic mass is 16.3. The zero-order valence-electron chi connectivity index (χ0n) is 38.7. The Kier molecular flexibility index (Phi) is 3.11. The van der Waals surface area contributed by atoms with E-state index in [2.05, 4.69) is 0 Å². The van der Waals surface area contributed by atoms with E-state index in [1.165, 1.54) is 0 Å². The summed E-state index contributed by atoms with van der Waals surface area (Å²) in [7, 11) is 0. The first-order valence-electron chi connectivity index (χ1n) is 22.0. The standard InChI is InChI=1S/C44H26O2/c1-2-14-28(15-3-1)39-26-37-40(45-39)25-36-30-18-10-11-24-38(30)46-44(36)43(37)42-34-21-8-6-19-32(34)41(33-20-7-9-22-35(33)42)31-23-12-16-27-13-4-5-17-29(27)31/h1-26H/i4D,5D,6D,7D,8D,9D,12D,13D,16D,17D,19D,20D,21D,22D,23D. The van der Waals surface area contributed by atoms with E-state index < -0.39 is 113 Å². The quantitative estimate of drug-likeness (QED) is 0.188. The van der Waals surface area contributed by atoms with E-state index in [-0.39, 0.29) is 38.3 Å². The Labute approximate surface area is 285 Å². The van der Waals surface area contributed by atoms with Gasteiger partial charge in [-0.05, 0) is 61.6 Å². The van der Waals surface area contributed by atoms with E-state index in [4.69, 9.17) is 22.5 Å². The summed E-state index contributed by atoms with van der Waals surface area (Å²) in [5, 5.41) is -0.559. The molecule has 10 aromatic rings. The fraction of sp³-hybridized carbons (Fsp3) is 0. The van der Waals surface area contributed by atoms with E-state index in [9.17, 15) is 6.85 Å². The van der Waals surface area contributed by atoms with Crippen molar-refractivity contribution in [3.05, 3.63) is 157 Å². The van der Waals surface area contributed by atoms with Crippen LogP contribution in [0.5, 0.6) is 0 Å². The Hall–Kier alpha value is -6.12. The van der Waals surface area contributed by atoms with E-state index in [1.54, 1.807) is 24.3 Å². The molecule has 0 bridgehead atoms. The molecule has 2 nitrogen and oxygen atoms in total. The zero-order chi connectivity index (χ0) is 43.2. The summed E-state index contributed by atoms with van der Waals surface area (Å²) < 4.78 is 149. The van der Waals surface area contributed by atoms with Crippen LogP contribution in [0.1, 0.15) is 20.6 Å². The first-order valence-corrected chi connectivity index (χ1v) is 14.5. The minimum Gasteiger partial charge on any atom is -0.456 e. The van der Waals surface area contributed by atoms with Crippen molar-refractivity contribution >= 4 is 65.2 Å². The largest absolute Gasteiger partial charge is 0.456 e. The molecule has 0 aliphatic heterocycles. The molecule has 46 heavy (non-hydrogen) atoms. The van der Waals surface area contributed by atoms with Gasteiger partial charge in [0.05, 0.1) is 20.6 Å². The molecule has 2 aromatic heterocycles. The molecule has 0 radical (unpaired) electrons. The summed E-state index contributed by atoms with van der Waals surface area (Å²) in [6.45, 7) is 0. The van der Waals surface area contributed by atoms with E-state index in [0.29, 0.717) is 38.6 Å². The van der Waals surface area contributed by atoms with Crippen LogP contribution in [-0.4, -0.2) is 0 Å². The smallest absolute Gasteiger partial charge is 0.144 e. The molecule has 0 aliphatic rings. The lowest BCUT2D eigenvalue weighted by atomic mass is 9.83. The van der Waals surface area contributed by atoms with Crippen LogP contribution in [0.15, 0.2) is 166 Å². The number of fused-ring (bicyclic) bond motifs is 7. The van der Waals surface area contributed by atoms with Gasteiger partial charge in [0, 0.05) is 32.8 Å². The molecular formula is C44H26O2. The van der Waals surface area contributed by atoms with Crippen LogP contribution < -0.4 is 0 Å². The van der Waals surface area contributed by atoms with Crippen LogP contribution in [0, 0.1) is 0 Å². The summed E-state index contributed by atoms with van der Waals surface area (Å²) >= 11 is 0. The van der Waals surface area contributed by atoms with E-state index >= 15 is 0 Å². The molecule has 0 amide bonds. The number of furan rings is 2. The monoisotopic (exact) mass is 601 g/mol. The average Bonchev–Trinajstić information content (AvgIpc) is 3.86. The Morgan fingerprint density at radius 1 is 0.413 bits per heavy atom. The molecule has 0 atom stereocenters. The Balaban J connectivity index is 1.57. The fourth-order valence-corrected chi connectivity index (χ4v) is 6.47. The predicted octanol–water partition coefficient (Wildman–Crippen LogP) is 12.8. The minimum absolute atomic E-state index is 0.0798. The summed E-state index contributed by atoms with van der Waals surface area (Å²) in [4.78, 5) is 0. The third kappa shape index (κ3) is 3.59. The summed E-state index contributed by atoms with van der Waals surface area (Å²) in [6.07, 6.45) is 0. The maximum Gasteiger partial charge on any atom is 0.144 e. The maximum absolute atomic E-state index is 9.59. The third-order valence-electron chi connectivity index (χ3n) is 8.41. The Morgan fingerprint density at radius 3 is 1.80 bits per heavy atom. The van der Waals surface area contributed by atoms with Gasteiger partial charge >= 0.3 is 0 Å². The molecule has 10 rings (SSSR count). The van der Waals surface area contributed by atoms with Crippen molar-refractivity contribution < 1.29 is 29.4 Å². The van der Waals surface area contributed by atoms with Gasteiger partial charge in [-0.3, -0.25) is 0 Å². The molecule has 0 saturated heterocycles. The predicted molar refractivity (Wildman–Crippen MR) is 192 cm³/mol. The van der Waals surface area contributed by atoms with Gasteiger partial charge in [0.15, 0.2) is 0 Å². The second-order valence-corrected chi connectivity index (χ2v) is 10.9. The number of hydrogen-bond donors (Lipinski definition) is 0. The van der Waals surface area contributed by atoms with Crippen molar-refractivity contribution in [2.45, 2.75) is 0 Å². The number of benzene rings is 8. The average molecular weight is 602 g/mol. The van der Waals surface area contributed by atoms with Gasteiger partial charge in [-0.2, -0.15) is 0 Å². The number of rotatable bonds is 3. The zero-order valence-corrected chi connectivity index (χ0v) is 23.7. The molecule has 2 heterocycles. The van der Waals surface area contributed by atoms with Crippen LogP contribution in [0.25, 0.3) is 98.8 Å². The van der Waals surface area contributed by atoms with Gasteiger partial charge in [-0.25, -0.2) is 0 Å². The lowest BCUT2D eigenvalue weighted by Gasteiger charge is -2.19. The SMILES string of the molecule is [2H]c1c([2H])c([2H])c2c(-c3c4c([2H])c([2H])c([2H])c([2H])c4c(-c4c5cc(-c6ccccc6)oc5cc5c4oc4ccccc45)c4c([2H])c([2H])c([2H])c([2H])c34)c([2H])c([2H])c([2H])c2c1[2H]. The molecule has 0 spiro atoms. The highest BCUT2D eigenvalue weighted by molar-refractivity contribution is 6.29. The summed E-state index contributed by atoms with van der Waals surface area (Å²) in [5.41, 5.74) is 0.894.